The molecule has 0 saturated carbocycles. The molecule has 0 aliphatic carbocycles. The smallest absolute Gasteiger partial charge is 0.245 e. The van der Waals surface area contributed by atoms with Crippen LogP contribution in [0.1, 0.15) is 44.1 Å². The first-order valence-corrected chi connectivity index (χ1v) is 7.66. The van der Waals surface area contributed by atoms with Crippen molar-refractivity contribution in [2.75, 3.05) is 20.8 Å². The molecule has 118 valence electrons. The van der Waals surface area contributed by atoms with Crippen molar-refractivity contribution in [2.24, 2.45) is 0 Å². The number of hydrogen-bond acceptors (Lipinski definition) is 3. The second-order valence-corrected chi connectivity index (χ2v) is 5.13. The van der Waals surface area contributed by atoms with Crippen LogP contribution in [-0.2, 0) is 21.0 Å². The van der Waals surface area contributed by atoms with Crippen molar-refractivity contribution in [1.82, 2.24) is 5.06 Å². The highest BCUT2D eigenvalue weighted by molar-refractivity contribution is 5.74. The van der Waals surface area contributed by atoms with Gasteiger partial charge in [-0.3, -0.25) is 9.63 Å². The number of rotatable bonds is 11. The third kappa shape index (κ3) is 8.48. The summed E-state index contributed by atoms with van der Waals surface area (Å²) in [6.45, 7) is 1.50. The highest BCUT2D eigenvalue weighted by Gasteiger charge is 2.06. The molecule has 0 heterocycles. The first kappa shape index (κ1) is 17.7. The number of hydrogen-bond donors (Lipinski definition) is 0. The van der Waals surface area contributed by atoms with E-state index in [0.29, 0.717) is 13.0 Å². The Hall–Kier alpha value is -1.39. The van der Waals surface area contributed by atoms with Gasteiger partial charge in [-0.25, -0.2) is 5.06 Å². The molecule has 21 heavy (non-hydrogen) atoms. The van der Waals surface area contributed by atoms with Crippen LogP contribution in [0, 0.1) is 0 Å². The lowest BCUT2D eigenvalue weighted by molar-refractivity contribution is -0.168. The van der Waals surface area contributed by atoms with Crippen molar-refractivity contribution < 1.29 is 14.4 Å². The molecule has 4 heteroatoms. The molecule has 0 saturated heterocycles. The van der Waals surface area contributed by atoms with Crippen molar-refractivity contribution in [2.45, 2.75) is 45.1 Å². The number of benzene rings is 1. The van der Waals surface area contributed by atoms with Crippen molar-refractivity contribution in [3.8, 4) is 0 Å². The van der Waals surface area contributed by atoms with Gasteiger partial charge < -0.3 is 4.74 Å². The molecule has 0 unspecified atom stereocenters. The Kier molecular flexibility index (Phi) is 9.49. The Morgan fingerprint density at radius 3 is 2.43 bits per heavy atom. The van der Waals surface area contributed by atoms with Crippen molar-refractivity contribution in [3.05, 3.63) is 35.9 Å². The molecule has 0 fully saturated rings. The fourth-order valence-electron chi connectivity index (χ4n) is 2.03. The first-order chi connectivity index (χ1) is 10.2. The van der Waals surface area contributed by atoms with E-state index < -0.39 is 0 Å². The molecular weight excluding hydrogens is 266 g/mol. The number of ether oxygens (including phenoxy) is 1. The predicted molar refractivity (Wildman–Crippen MR) is 83.6 cm³/mol. The van der Waals surface area contributed by atoms with E-state index in [-0.39, 0.29) is 5.91 Å². The maximum Gasteiger partial charge on any atom is 0.245 e. The van der Waals surface area contributed by atoms with Gasteiger partial charge in [0.05, 0.1) is 13.7 Å². The molecule has 0 atom stereocenters. The fraction of sp³-hybridized carbons (Fsp3) is 0.588. The molecule has 0 bridgehead atoms. The minimum atomic E-state index is 0.0451. The van der Waals surface area contributed by atoms with Gasteiger partial charge in [-0.05, 0) is 18.4 Å². The van der Waals surface area contributed by atoms with E-state index in [1.807, 2.05) is 18.2 Å². The molecule has 4 nitrogen and oxygen atoms in total. The van der Waals surface area contributed by atoms with Crippen LogP contribution in [0.3, 0.4) is 0 Å². The lowest BCUT2D eigenvalue weighted by Crippen LogP contribution is -2.24. The van der Waals surface area contributed by atoms with Crippen LogP contribution in [0.2, 0.25) is 0 Å². The van der Waals surface area contributed by atoms with Crippen molar-refractivity contribution in [1.29, 1.82) is 0 Å². The van der Waals surface area contributed by atoms with Crippen molar-refractivity contribution >= 4 is 5.91 Å². The minimum absolute atomic E-state index is 0.0451. The van der Waals surface area contributed by atoms with E-state index >= 15 is 0 Å². The van der Waals surface area contributed by atoms with Gasteiger partial charge in [-0.15, -0.1) is 0 Å². The minimum Gasteiger partial charge on any atom is -0.377 e. The second kappa shape index (κ2) is 11.3. The summed E-state index contributed by atoms with van der Waals surface area (Å²) in [4.78, 5) is 16.3. The van der Waals surface area contributed by atoms with E-state index in [0.717, 1.165) is 38.7 Å². The highest BCUT2D eigenvalue weighted by Crippen LogP contribution is 2.08. The normalized spacial score (nSPS) is 10.6. The molecule has 1 amide bonds. The molecule has 0 aliphatic rings. The molecule has 0 radical (unpaired) electrons. The Morgan fingerprint density at radius 1 is 1.05 bits per heavy atom. The van der Waals surface area contributed by atoms with Crippen LogP contribution in [0.25, 0.3) is 0 Å². The number of unbranched alkanes of at least 4 members (excludes halogenated alkanes) is 4. The Morgan fingerprint density at radius 2 is 1.71 bits per heavy atom. The van der Waals surface area contributed by atoms with Gasteiger partial charge in [0, 0.05) is 20.1 Å². The monoisotopic (exact) mass is 293 g/mol. The predicted octanol–water partition coefficient (Wildman–Crippen LogP) is 3.56. The van der Waals surface area contributed by atoms with Gasteiger partial charge >= 0.3 is 0 Å². The summed E-state index contributed by atoms with van der Waals surface area (Å²) in [6.07, 6.45) is 5.97. The van der Waals surface area contributed by atoms with Gasteiger partial charge in [-0.1, -0.05) is 49.6 Å². The molecular formula is C17H27NO3. The third-order valence-electron chi connectivity index (χ3n) is 3.42. The maximum absolute atomic E-state index is 11.5. The van der Waals surface area contributed by atoms with E-state index in [1.165, 1.54) is 17.7 Å². The number of carbonyl (C=O) groups excluding carboxylic acids is 1. The molecule has 1 aromatic rings. The lowest BCUT2D eigenvalue weighted by Gasteiger charge is -2.13. The third-order valence-corrected chi connectivity index (χ3v) is 3.42. The molecule has 1 aromatic carbocycles. The topological polar surface area (TPSA) is 38.8 Å². The summed E-state index contributed by atoms with van der Waals surface area (Å²) >= 11 is 0. The van der Waals surface area contributed by atoms with E-state index in [1.54, 1.807) is 7.05 Å². The zero-order valence-corrected chi connectivity index (χ0v) is 13.2. The standard InChI is InChI=1S/C17H27NO3/c1-18(20-2)17(19)13-9-4-3-5-10-14-21-15-16-11-7-6-8-12-16/h6-8,11-12H,3-5,9-10,13-15H2,1-2H3. The average Bonchev–Trinajstić information content (AvgIpc) is 2.53. The average molecular weight is 293 g/mol. The van der Waals surface area contributed by atoms with Gasteiger partial charge in [0.1, 0.15) is 0 Å². The fourth-order valence-corrected chi connectivity index (χ4v) is 2.03. The van der Waals surface area contributed by atoms with Crippen molar-refractivity contribution in [3.63, 3.8) is 0 Å². The van der Waals surface area contributed by atoms with E-state index in [4.69, 9.17) is 9.57 Å². The van der Waals surface area contributed by atoms with Gasteiger partial charge in [0.15, 0.2) is 0 Å². The number of nitrogens with zero attached hydrogens (tertiary/aromatic N) is 1. The molecule has 0 aromatic heterocycles. The Balaban J connectivity index is 1.88. The number of amides is 1. The maximum atomic E-state index is 11.5. The van der Waals surface area contributed by atoms with Crippen LogP contribution in [0.15, 0.2) is 30.3 Å². The first-order valence-electron chi connectivity index (χ1n) is 7.66. The zero-order chi connectivity index (χ0) is 15.3. The van der Waals surface area contributed by atoms with Gasteiger partial charge in [-0.2, -0.15) is 0 Å². The Bertz CT molecular complexity index is 381. The number of hydroxylamine groups is 2. The summed E-state index contributed by atoms with van der Waals surface area (Å²) in [5.41, 5.74) is 1.22. The van der Waals surface area contributed by atoms with E-state index in [2.05, 4.69) is 12.1 Å². The van der Waals surface area contributed by atoms with Crippen LogP contribution in [-0.4, -0.2) is 31.7 Å². The van der Waals surface area contributed by atoms with Gasteiger partial charge in [0.2, 0.25) is 5.91 Å². The largest absolute Gasteiger partial charge is 0.377 e. The summed E-state index contributed by atoms with van der Waals surface area (Å²) in [5, 5.41) is 1.29. The molecule has 1 rings (SSSR count). The zero-order valence-electron chi connectivity index (χ0n) is 13.2. The molecule has 0 spiro atoms. The SMILES string of the molecule is CON(C)C(=O)CCCCCCCOCc1ccccc1. The van der Waals surface area contributed by atoms with Gasteiger partial charge in [0.25, 0.3) is 0 Å². The summed E-state index contributed by atoms with van der Waals surface area (Å²) in [5.74, 6) is 0.0451. The highest BCUT2D eigenvalue weighted by atomic mass is 16.7. The summed E-state index contributed by atoms with van der Waals surface area (Å²) in [6, 6.07) is 10.2. The quantitative estimate of drug-likeness (QED) is 0.462. The van der Waals surface area contributed by atoms with E-state index in [9.17, 15) is 4.79 Å². The van der Waals surface area contributed by atoms with Crippen LogP contribution in [0.4, 0.5) is 0 Å². The lowest BCUT2D eigenvalue weighted by atomic mass is 10.1. The molecule has 0 aliphatic heterocycles. The summed E-state index contributed by atoms with van der Waals surface area (Å²) in [7, 11) is 3.15. The van der Waals surface area contributed by atoms with Crippen LogP contribution < -0.4 is 0 Å². The van der Waals surface area contributed by atoms with Crippen LogP contribution in [0.5, 0.6) is 0 Å². The van der Waals surface area contributed by atoms with Crippen LogP contribution >= 0.6 is 0 Å². The summed E-state index contributed by atoms with van der Waals surface area (Å²) < 4.78 is 5.63. The Labute approximate surface area is 128 Å². The second-order valence-electron chi connectivity index (χ2n) is 5.13. The number of carbonyl (C=O) groups is 1. The molecule has 0 N–H and O–H groups in total.